The van der Waals surface area contributed by atoms with Crippen molar-refractivity contribution in [3.05, 3.63) is 54.3 Å². The molecule has 0 saturated carbocycles. The zero-order valence-electron chi connectivity index (χ0n) is 18.1. The van der Waals surface area contributed by atoms with E-state index in [-0.39, 0.29) is 12.1 Å². The fourth-order valence-electron chi connectivity index (χ4n) is 3.69. The van der Waals surface area contributed by atoms with E-state index in [1.807, 2.05) is 24.3 Å². The molecule has 1 aliphatic heterocycles. The number of carbonyl (C=O) groups is 1. The van der Waals surface area contributed by atoms with Gasteiger partial charge in [-0.3, -0.25) is 9.10 Å². The first-order valence-corrected chi connectivity index (χ1v) is 12.1. The number of nitrogens with zero attached hydrogens (tertiary/aromatic N) is 3. The van der Waals surface area contributed by atoms with Gasteiger partial charge in [0.05, 0.1) is 11.9 Å². The van der Waals surface area contributed by atoms with Gasteiger partial charge in [-0.25, -0.2) is 12.8 Å². The fourth-order valence-corrected chi connectivity index (χ4v) is 4.91. The SMILES string of the molecule is CC[C@@H](C(=O)Nc1ccc(N2CCN(C)CC2)cc1)N(c1ccc(F)cc1)S(C)(=O)=O. The van der Waals surface area contributed by atoms with Crippen molar-refractivity contribution in [2.45, 2.75) is 19.4 Å². The number of likely N-dealkylation sites (N-methyl/N-ethyl adjacent to an activating group) is 1. The summed E-state index contributed by atoms with van der Waals surface area (Å²) in [5.74, 6) is -0.917. The van der Waals surface area contributed by atoms with E-state index in [1.54, 1.807) is 6.92 Å². The van der Waals surface area contributed by atoms with E-state index < -0.39 is 27.8 Å². The van der Waals surface area contributed by atoms with Gasteiger partial charge in [0.15, 0.2) is 0 Å². The third-order valence-electron chi connectivity index (χ3n) is 5.41. The van der Waals surface area contributed by atoms with Crippen molar-refractivity contribution in [3.63, 3.8) is 0 Å². The normalized spacial score (nSPS) is 16.1. The summed E-state index contributed by atoms with van der Waals surface area (Å²) in [6, 6.07) is 11.7. The van der Waals surface area contributed by atoms with Gasteiger partial charge < -0.3 is 15.1 Å². The Hall–Kier alpha value is -2.65. The van der Waals surface area contributed by atoms with Crippen LogP contribution >= 0.6 is 0 Å². The third-order valence-corrected chi connectivity index (χ3v) is 6.59. The Morgan fingerprint density at radius 3 is 2.16 bits per heavy atom. The van der Waals surface area contributed by atoms with Gasteiger partial charge >= 0.3 is 0 Å². The van der Waals surface area contributed by atoms with Gasteiger partial charge in [0, 0.05) is 37.6 Å². The topological polar surface area (TPSA) is 73.0 Å². The van der Waals surface area contributed by atoms with Gasteiger partial charge in [0.2, 0.25) is 15.9 Å². The van der Waals surface area contributed by atoms with E-state index in [0.717, 1.165) is 42.4 Å². The molecule has 3 rings (SSSR count). The van der Waals surface area contributed by atoms with Crippen LogP contribution in [-0.4, -0.2) is 64.7 Å². The molecule has 1 heterocycles. The van der Waals surface area contributed by atoms with Gasteiger partial charge in [-0.1, -0.05) is 6.92 Å². The van der Waals surface area contributed by atoms with Crippen LogP contribution in [0.25, 0.3) is 0 Å². The highest BCUT2D eigenvalue weighted by molar-refractivity contribution is 7.92. The second-order valence-electron chi connectivity index (χ2n) is 7.79. The molecule has 0 aliphatic carbocycles. The molecular formula is C22H29FN4O3S. The van der Waals surface area contributed by atoms with E-state index in [2.05, 4.69) is 22.2 Å². The molecule has 0 aromatic heterocycles. The van der Waals surface area contributed by atoms with Gasteiger partial charge in [-0.2, -0.15) is 0 Å². The summed E-state index contributed by atoms with van der Waals surface area (Å²) in [6.45, 7) is 5.63. The molecule has 1 fully saturated rings. The lowest BCUT2D eigenvalue weighted by atomic mass is 10.1. The molecule has 2 aromatic carbocycles. The number of carbonyl (C=O) groups excluding carboxylic acids is 1. The number of hydrogen-bond acceptors (Lipinski definition) is 5. The number of hydrogen-bond donors (Lipinski definition) is 1. The summed E-state index contributed by atoms with van der Waals surface area (Å²) in [4.78, 5) is 17.6. The maximum absolute atomic E-state index is 13.3. The molecule has 1 saturated heterocycles. The van der Waals surface area contributed by atoms with Crippen molar-refractivity contribution in [3.8, 4) is 0 Å². The van der Waals surface area contributed by atoms with E-state index in [4.69, 9.17) is 0 Å². The van der Waals surface area contributed by atoms with Crippen LogP contribution in [0, 0.1) is 5.82 Å². The Balaban J connectivity index is 1.75. The zero-order chi connectivity index (χ0) is 22.6. The lowest BCUT2D eigenvalue weighted by Crippen LogP contribution is -2.47. The molecule has 168 valence electrons. The first-order valence-electron chi connectivity index (χ1n) is 10.3. The van der Waals surface area contributed by atoms with E-state index in [1.165, 1.54) is 24.3 Å². The average molecular weight is 449 g/mol. The van der Waals surface area contributed by atoms with E-state index >= 15 is 0 Å². The monoisotopic (exact) mass is 448 g/mol. The minimum Gasteiger partial charge on any atom is -0.369 e. The standard InChI is InChI=1S/C22H29FN4O3S/c1-4-21(27(31(3,29)30)20-9-5-17(23)6-10-20)22(28)24-18-7-11-19(12-8-18)26-15-13-25(2)14-16-26/h5-12,21H,4,13-16H2,1-3H3,(H,24,28)/t21-/m0/s1. The first kappa shape index (κ1) is 23.0. The Morgan fingerprint density at radius 2 is 1.65 bits per heavy atom. The number of halogens is 1. The molecule has 0 unspecified atom stereocenters. The number of sulfonamides is 1. The zero-order valence-corrected chi connectivity index (χ0v) is 18.9. The fraction of sp³-hybridized carbons (Fsp3) is 0.409. The maximum Gasteiger partial charge on any atom is 0.248 e. The van der Waals surface area contributed by atoms with Gasteiger partial charge in [-0.15, -0.1) is 0 Å². The van der Waals surface area contributed by atoms with E-state index in [0.29, 0.717) is 5.69 Å². The molecule has 7 nitrogen and oxygen atoms in total. The molecule has 1 N–H and O–H groups in total. The molecular weight excluding hydrogens is 419 g/mol. The molecule has 1 aliphatic rings. The molecule has 1 atom stereocenters. The lowest BCUT2D eigenvalue weighted by Gasteiger charge is -2.34. The summed E-state index contributed by atoms with van der Waals surface area (Å²) in [7, 11) is -1.66. The highest BCUT2D eigenvalue weighted by Crippen LogP contribution is 2.24. The number of amides is 1. The summed E-state index contributed by atoms with van der Waals surface area (Å²) in [6.07, 6.45) is 1.30. The van der Waals surface area contributed by atoms with E-state index in [9.17, 15) is 17.6 Å². The molecule has 9 heteroatoms. The van der Waals surface area contributed by atoms with Crippen LogP contribution in [0.2, 0.25) is 0 Å². The van der Waals surface area contributed by atoms with Crippen molar-refractivity contribution >= 4 is 33.0 Å². The minimum absolute atomic E-state index is 0.247. The molecule has 0 bridgehead atoms. The first-order chi connectivity index (χ1) is 14.7. The predicted octanol–water partition coefficient (Wildman–Crippen LogP) is 2.76. The molecule has 31 heavy (non-hydrogen) atoms. The molecule has 0 radical (unpaired) electrons. The Kier molecular flexibility index (Phi) is 7.17. The second-order valence-corrected chi connectivity index (χ2v) is 9.65. The molecule has 0 spiro atoms. The summed E-state index contributed by atoms with van der Waals surface area (Å²) < 4.78 is 39.3. The van der Waals surface area contributed by atoms with Gasteiger partial charge in [0.25, 0.3) is 0 Å². The highest BCUT2D eigenvalue weighted by Gasteiger charge is 2.31. The highest BCUT2D eigenvalue weighted by atomic mass is 32.2. The van der Waals surface area contributed by atoms with Crippen LogP contribution in [0.5, 0.6) is 0 Å². The summed E-state index contributed by atoms with van der Waals surface area (Å²) >= 11 is 0. The van der Waals surface area contributed by atoms with Crippen LogP contribution < -0.4 is 14.5 Å². The van der Waals surface area contributed by atoms with Gasteiger partial charge in [-0.05, 0) is 62.0 Å². The van der Waals surface area contributed by atoms with Crippen LogP contribution in [0.1, 0.15) is 13.3 Å². The van der Waals surface area contributed by atoms with Crippen molar-refractivity contribution in [1.82, 2.24) is 4.90 Å². The van der Waals surface area contributed by atoms with Crippen LogP contribution in [0.15, 0.2) is 48.5 Å². The summed E-state index contributed by atoms with van der Waals surface area (Å²) in [5, 5.41) is 2.82. The number of piperazine rings is 1. The number of rotatable bonds is 7. The Morgan fingerprint density at radius 1 is 1.06 bits per heavy atom. The number of nitrogens with one attached hydrogen (secondary N) is 1. The van der Waals surface area contributed by atoms with Crippen molar-refractivity contribution in [2.75, 3.05) is 54.0 Å². The quantitative estimate of drug-likeness (QED) is 0.705. The Bertz CT molecular complexity index is 988. The number of benzene rings is 2. The van der Waals surface area contributed by atoms with Gasteiger partial charge in [0.1, 0.15) is 11.9 Å². The van der Waals surface area contributed by atoms with Crippen LogP contribution in [0.4, 0.5) is 21.5 Å². The lowest BCUT2D eigenvalue weighted by molar-refractivity contribution is -0.117. The third kappa shape index (κ3) is 5.74. The maximum atomic E-state index is 13.3. The molecule has 2 aromatic rings. The van der Waals surface area contributed by atoms with Crippen molar-refractivity contribution in [1.29, 1.82) is 0 Å². The molecule has 1 amide bonds. The average Bonchev–Trinajstić information content (AvgIpc) is 2.73. The predicted molar refractivity (Wildman–Crippen MR) is 123 cm³/mol. The van der Waals surface area contributed by atoms with Crippen LogP contribution in [-0.2, 0) is 14.8 Å². The second kappa shape index (κ2) is 9.65. The van der Waals surface area contributed by atoms with Crippen molar-refractivity contribution < 1.29 is 17.6 Å². The largest absolute Gasteiger partial charge is 0.369 e. The minimum atomic E-state index is -3.77. The van der Waals surface area contributed by atoms with Crippen molar-refractivity contribution in [2.24, 2.45) is 0 Å². The Labute approximate surface area is 183 Å². The number of anilines is 3. The summed E-state index contributed by atoms with van der Waals surface area (Å²) in [5.41, 5.74) is 1.92. The smallest absolute Gasteiger partial charge is 0.248 e. The van der Waals surface area contributed by atoms with Crippen LogP contribution in [0.3, 0.4) is 0 Å².